The van der Waals surface area contributed by atoms with E-state index in [2.05, 4.69) is 6.58 Å². The normalized spacial score (nSPS) is 12.1. The number of rotatable bonds is 3. The van der Waals surface area contributed by atoms with Gasteiger partial charge < -0.3 is 5.11 Å². The number of benzene rings is 1. The summed E-state index contributed by atoms with van der Waals surface area (Å²) in [5.74, 6) is -1.02. The van der Waals surface area contributed by atoms with E-state index in [9.17, 15) is 19.6 Å². The van der Waals surface area contributed by atoms with Crippen molar-refractivity contribution < 1.29 is 14.4 Å². The molecular formula is C9H8FNO3. The van der Waals surface area contributed by atoms with Crippen LogP contribution in [0.25, 0.3) is 0 Å². The van der Waals surface area contributed by atoms with Crippen molar-refractivity contribution in [3.05, 3.63) is 52.3 Å². The molecule has 0 aromatic heterocycles. The SMILES string of the molecule is C=CC(O)c1cccc([N+](=O)[O-])c1F. The van der Waals surface area contributed by atoms with Gasteiger partial charge in [0.2, 0.25) is 5.82 Å². The maximum atomic E-state index is 13.3. The number of nitro benzene ring substituents is 1. The predicted octanol–water partition coefficient (Wildman–Crippen LogP) is 1.95. The van der Waals surface area contributed by atoms with Crippen LogP contribution < -0.4 is 0 Å². The summed E-state index contributed by atoms with van der Waals surface area (Å²) < 4.78 is 13.3. The van der Waals surface area contributed by atoms with Gasteiger partial charge in [-0.25, -0.2) is 0 Å². The summed E-state index contributed by atoms with van der Waals surface area (Å²) >= 11 is 0. The molecule has 1 aromatic rings. The molecule has 1 aromatic carbocycles. The monoisotopic (exact) mass is 197 g/mol. The van der Waals surface area contributed by atoms with Crippen molar-refractivity contribution >= 4 is 5.69 Å². The Hall–Kier alpha value is -1.75. The smallest absolute Gasteiger partial charge is 0.305 e. The van der Waals surface area contributed by atoms with Gasteiger partial charge in [-0.15, -0.1) is 6.58 Å². The molecule has 0 aliphatic heterocycles. The van der Waals surface area contributed by atoms with Gasteiger partial charge in [-0.1, -0.05) is 18.2 Å². The van der Waals surface area contributed by atoms with Crippen LogP contribution in [0.5, 0.6) is 0 Å². The van der Waals surface area contributed by atoms with Gasteiger partial charge in [0.05, 0.1) is 11.0 Å². The van der Waals surface area contributed by atoms with Crippen molar-refractivity contribution in [3.8, 4) is 0 Å². The molecule has 1 atom stereocenters. The quantitative estimate of drug-likeness (QED) is 0.457. The Bertz CT molecular complexity index is 378. The Morgan fingerprint density at radius 2 is 2.29 bits per heavy atom. The first-order chi connectivity index (χ1) is 6.57. The molecule has 1 rings (SSSR count). The van der Waals surface area contributed by atoms with Crippen LogP contribution in [0, 0.1) is 15.9 Å². The van der Waals surface area contributed by atoms with Crippen molar-refractivity contribution in [1.29, 1.82) is 0 Å². The Morgan fingerprint density at radius 1 is 1.64 bits per heavy atom. The molecule has 4 nitrogen and oxygen atoms in total. The summed E-state index contributed by atoms with van der Waals surface area (Å²) in [6.07, 6.45) is -0.128. The molecule has 1 unspecified atom stereocenters. The van der Waals surface area contributed by atoms with E-state index < -0.39 is 22.5 Å². The fourth-order valence-corrected chi connectivity index (χ4v) is 1.03. The number of nitrogens with zero attached hydrogens (tertiary/aromatic N) is 1. The van der Waals surface area contributed by atoms with E-state index in [0.717, 1.165) is 12.1 Å². The maximum absolute atomic E-state index is 13.3. The lowest BCUT2D eigenvalue weighted by molar-refractivity contribution is -0.387. The lowest BCUT2D eigenvalue weighted by atomic mass is 10.1. The van der Waals surface area contributed by atoms with Gasteiger partial charge in [0.15, 0.2) is 0 Å². The molecule has 0 amide bonds. The Labute approximate surface area is 79.4 Å². The standard InChI is InChI=1S/C9H8FNO3/c1-2-8(12)6-4-3-5-7(9(6)10)11(13)14/h2-5,8,12H,1H2. The molecule has 0 aliphatic carbocycles. The Morgan fingerprint density at radius 3 is 2.79 bits per heavy atom. The van der Waals surface area contributed by atoms with Gasteiger partial charge in [0.1, 0.15) is 0 Å². The Balaban J connectivity index is 3.26. The van der Waals surface area contributed by atoms with E-state index in [1.165, 1.54) is 12.1 Å². The second-order valence-electron chi connectivity index (χ2n) is 2.62. The van der Waals surface area contributed by atoms with E-state index >= 15 is 0 Å². The molecule has 0 radical (unpaired) electrons. The highest BCUT2D eigenvalue weighted by atomic mass is 19.1. The van der Waals surface area contributed by atoms with Crippen LogP contribution in [0.1, 0.15) is 11.7 Å². The number of aliphatic hydroxyl groups is 1. The van der Waals surface area contributed by atoms with E-state index in [1.807, 2.05) is 0 Å². The van der Waals surface area contributed by atoms with Gasteiger partial charge in [0.25, 0.3) is 0 Å². The molecule has 74 valence electrons. The van der Waals surface area contributed by atoms with Crippen LogP contribution in [0.3, 0.4) is 0 Å². The van der Waals surface area contributed by atoms with Gasteiger partial charge in [0, 0.05) is 11.6 Å². The third-order valence-corrected chi connectivity index (χ3v) is 1.75. The van der Waals surface area contributed by atoms with E-state index in [1.54, 1.807) is 0 Å². The molecular weight excluding hydrogens is 189 g/mol. The average molecular weight is 197 g/mol. The molecule has 0 bridgehead atoms. The molecule has 0 spiro atoms. The van der Waals surface area contributed by atoms with Crippen LogP contribution in [0.4, 0.5) is 10.1 Å². The van der Waals surface area contributed by atoms with Crippen molar-refractivity contribution in [2.75, 3.05) is 0 Å². The summed E-state index contributed by atoms with van der Waals surface area (Å²) in [7, 11) is 0. The van der Waals surface area contributed by atoms with Crippen LogP contribution in [-0.2, 0) is 0 Å². The minimum Gasteiger partial charge on any atom is -0.384 e. The first-order valence-corrected chi connectivity index (χ1v) is 3.81. The average Bonchev–Trinajstić information content (AvgIpc) is 2.16. The topological polar surface area (TPSA) is 63.4 Å². The second kappa shape index (κ2) is 3.97. The zero-order chi connectivity index (χ0) is 10.7. The predicted molar refractivity (Wildman–Crippen MR) is 48.2 cm³/mol. The third kappa shape index (κ3) is 1.77. The fourth-order valence-electron chi connectivity index (χ4n) is 1.03. The highest BCUT2D eigenvalue weighted by Crippen LogP contribution is 2.25. The lowest BCUT2D eigenvalue weighted by Crippen LogP contribution is -2.00. The van der Waals surface area contributed by atoms with Gasteiger partial charge in [-0.3, -0.25) is 10.1 Å². The summed E-state index contributed by atoms with van der Waals surface area (Å²) in [6, 6.07) is 3.62. The van der Waals surface area contributed by atoms with E-state index in [-0.39, 0.29) is 5.56 Å². The summed E-state index contributed by atoms with van der Waals surface area (Å²) in [6.45, 7) is 3.27. The molecule has 0 aliphatic rings. The molecule has 5 heteroatoms. The Kier molecular flexibility index (Phi) is 2.93. The van der Waals surface area contributed by atoms with Crippen LogP contribution in [0.15, 0.2) is 30.9 Å². The lowest BCUT2D eigenvalue weighted by Gasteiger charge is -2.06. The van der Waals surface area contributed by atoms with Crippen molar-refractivity contribution in [2.45, 2.75) is 6.10 Å². The van der Waals surface area contributed by atoms with Crippen LogP contribution in [-0.4, -0.2) is 10.0 Å². The largest absolute Gasteiger partial charge is 0.384 e. The number of aliphatic hydroxyl groups excluding tert-OH is 1. The molecule has 1 N–H and O–H groups in total. The summed E-state index contributed by atoms with van der Waals surface area (Å²) in [5, 5.41) is 19.6. The minimum atomic E-state index is -1.23. The van der Waals surface area contributed by atoms with Crippen molar-refractivity contribution in [3.63, 3.8) is 0 Å². The highest BCUT2D eigenvalue weighted by molar-refractivity contribution is 5.38. The van der Waals surface area contributed by atoms with Gasteiger partial charge in [-0.2, -0.15) is 4.39 Å². The zero-order valence-corrected chi connectivity index (χ0v) is 7.18. The second-order valence-corrected chi connectivity index (χ2v) is 2.62. The molecule has 0 saturated carbocycles. The summed E-state index contributed by atoms with van der Waals surface area (Å²) in [5.41, 5.74) is -0.794. The number of halogens is 1. The highest BCUT2D eigenvalue weighted by Gasteiger charge is 2.19. The van der Waals surface area contributed by atoms with Crippen molar-refractivity contribution in [2.24, 2.45) is 0 Å². The fraction of sp³-hybridized carbons (Fsp3) is 0.111. The third-order valence-electron chi connectivity index (χ3n) is 1.75. The zero-order valence-electron chi connectivity index (χ0n) is 7.18. The van der Waals surface area contributed by atoms with E-state index in [4.69, 9.17) is 0 Å². The number of nitro groups is 1. The van der Waals surface area contributed by atoms with Crippen LogP contribution in [0.2, 0.25) is 0 Å². The number of hydrogen-bond donors (Lipinski definition) is 1. The minimum absolute atomic E-state index is 0.144. The molecule has 0 fully saturated rings. The van der Waals surface area contributed by atoms with Crippen LogP contribution >= 0.6 is 0 Å². The number of hydrogen-bond acceptors (Lipinski definition) is 3. The van der Waals surface area contributed by atoms with Gasteiger partial charge in [-0.05, 0) is 0 Å². The van der Waals surface area contributed by atoms with E-state index in [0.29, 0.717) is 0 Å². The molecule has 14 heavy (non-hydrogen) atoms. The molecule has 0 heterocycles. The summed E-state index contributed by atoms with van der Waals surface area (Å²) in [4.78, 5) is 9.50. The molecule has 0 saturated heterocycles. The van der Waals surface area contributed by atoms with Crippen molar-refractivity contribution in [1.82, 2.24) is 0 Å². The first kappa shape index (κ1) is 10.3. The maximum Gasteiger partial charge on any atom is 0.305 e. The van der Waals surface area contributed by atoms with Gasteiger partial charge >= 0.3 is 5.69 Å². The first-order valence-electron chi connectivity index (χ1n) is 3.81.